The molecule has 1 fully saturated rings. The van der Waals surface area contributed by atoms with Crippen LogP contribution in [0.5, 0.6) is 0 Å². The summed E-state index contributed by atoms with van der Waals surface area (Å²) >= 11 is 0. The summed E-state index contributed by atoms with van der Waals surface area (Å²) < 4.78 is 48.2. The Bertz CT molecular complexity index is 1200. The Kier molecular flexibility index (Phi) is 7.76. The van der Waals surface area contributed by atoms with Crippen molar-refractivity contribution < 1.29 is 32.6 Å². The molecule has 1 heterocycles. The molecule has 9 nitrogen and oxygen atoms in total. The van der Waals surface area contributed by atoms with Crippen molar-refractivity contribution in [2.24, 2.45) is 16.9 Å². The van der Waals surface area contributed by atoms with E-state index in [0.717, 1.165) is 0 Å². The first-order valence-corrected chi connectivity index (χ1v) is 12.7. The molecule has 2 aromatic rings. The van der Waals surface area contributed by atoms with Gasteiger partial charge >= 0.3 is 12.1 Å². The number of nitrogens with zero attached hydrogens (tertiary/aromatic N) is 2. The van der Waals surface area contributed by atoms with Crippen LogP contribution in [0.4, 0.5) is 18.9 Å². The predicted octanol–water partition coefficient (Wildman–Crippen LogP) is 3.09. The van der Waals surface area contributed by atoms with Gasteiger partial charge in [0.25, 0.3) is 5.91 Å². The Balaban J connectivity index is 1.59. The van der Waals surface area contributed by atoms with Crippen molar-refractivity contribution in [3.8, 4) is 5.69 Å². The van der Waals surface area contributed by atoms with E-state index in [1.54, 1.807) is 12.1 Å². The van der Waals surface area contributed by atoms with Gasteiger partial charge in [0, 0.05) is 23.0 Å². The summed E-state index contributed by atoms with van der Waals surface area (Å²) in [6.07, 6.45) is -1.24. The molecular formula is C26H34F3N5O4. The second kappa shape index (κ2) is 10.6. The topological polar surface area (TPSA) is 145 Å². The molecule has 6 N–H and O–H groups in total. The molecule has 0 aliphatic heterocycles. The van der Waals surface area contributed by atoms with Crippen LogP contribution < -0.4 is 16.8 Å². The van der Waals surface area contributed by atoms with Gasteiger partial charge in [0.1, 0.15) is 12.1 Å². The van der Waals surface area contributed by atoms with E-state index in [0.29, 0.717) is 62.0 Å². The molecule has 2 aliphatic rings. The number of anilines is 1. The number of carbonyl (C=O) groups excluding carboxylic acids is 2. The number of halogens is 3. The highest BCUT2D eigenvalue weighted by Crippen LogP contribution is 2.42. The molecule has 38 heavy (non-hydrogen) atoms. The van der Waals surface area contributed by atoms with E-state index in [1.165, 1.54) is 10.7 Å². The number of esters is 1. The fourth-order valence-electron chi connectivity index (χ4n) is 5.25. The summed E-state index contributed by atoms with van der Waals surface area (Å²) in [6.45, 7) is 3.55. The van der Waals surface area contributed by atoms with Crippen LogP contribution in [-0.2, 0) is 28.5 Å². The Labute approximate surface area is 218 Å². The summed E-state index contributed by atoms with van der Waals surface area (Å²) in [4.78, 5) is 24.0. The van der Waals surface area contributed by atoms with Crippen molar-refractivity contribution in [3.05, 3.63) is 40.7 Å². The van der Waals surface area contributed by atoms with Gasteiger partial charge in [0.15, 0.2) is 5.69 Å². The fraction of sp³-hybridized carbons (Fsp3) is 0.577. The average Bonchev–Trinajstić information content (AvgIpc) is 3.22. The molecule has 1 atom stereocenters. The number of aliphatic hydroxyl groups is 1. The number of amides is 1. The van der Waals surface area contributed by atoms with Crippen LogP contribution in [0, 0.1) is 5.41 Å². The maximum absolute atomic E-state index is 13.8. The predicted molar refractivity (Wildman–Crippen MR) is 134 cm³/mol. The van der Waals surface area contributed by atoms with Crippen LogP contribution >= 0.6 is 0 Å². The normalized spacial score (nSPS) is 21.9. The van der Waals surface area contributed by atoms with Crippen molar-refractivity contribution in [1.29, 1.82) is 0 Å². The summed E-state index contributed by atoms with van der Waals surface area (Å²) in [7, 11) is 0. The van der Waals surface area contributed by atoms with Crippen LogP contribution in [0.2, 0.25) is 0 Å². The maximum Gasteiger partial charge on any atom is 0.435 e. The standard InChI is InChI=1S/C26H34F3N5O4/c1-25(2)10-9-18-21(12-25)34(33-22(18)26(27,28)29)15-5-8-17(23(31)36)20(11-15)32-14-3-6-16(7-4-14)38-24(37)19(30)13-35/h5,8,11,14,16,19,32,35H,3-4,6-7,9-10,12-13,30H2,1-2H3,(H2,31,36). The molecule has 208 valence electrons. The highest BCUT2D eigenvalue weighted by Gasteiger charge is 2.42. The molecular weight excluding hydrogens is 503 g/mol. The smallest absolute Gasteiger partial charge is 0.435 e. The second-order valence-electron chi connectivity index (χ2n) is 11.0. The Morgan fingerprint density at radius 2 is 1.95 bits per heavy atom. The van der Waals surface area contributed by atoms with Crippen molar-refractivity contribution in [1.82, 2.24) is 9.78 Å². The monoisotopic (exact) mass is 537 g/mol. The number of ether oxygens (including phenoxy) is 1. The highest BCUT2D eigenvalue weighted by atomic mass is 19.4. The summed E-state index contributed by atoms with van der Waals surface area (Å²) in [5.41, 5.74) is 11.8. The Morgan fingerprint density at radius 1 is 1.26 bits per heavy atom. The summed E-state index contributed by atoms with van der Waals surface area (Å²) in [6, 6.07) is 3.51. The first-order chi connectivity index (χ1) is 17.8. The molecule has 1 saturated carbocycles. The lowest BCUT2D eigenvalue weighted by atomic mass is 9.76. The van der Waals surface area contributed by atoms with E-state index in [1.807, 2.05) is 13.8 Å². The molecule has 0 saturated heterocycles. The number of aliphatic hydroxyl groups excluding tert-OH is 1. The van der Waals surface area contributed by atoms with E-state index < -0.39 is 36.4 Å². The Morgan fingerprint density at radius 3 is 2.55 bits per heavy atom. The number of nitrogens with two attached hydrogens (primary N) is 2. The second-order valence-corrected chi connectivity index (χ2v) is 11.0. The van der Waals surface area contributed by atoms with Gasteiger partial charge in [0.05, 0.1) is 17.9 Å². The number of aromatic nitrogens is 2. The lowest BCUT2D eigenvalue weighted by Crippen LogP contribution is -2.39. The SMILES string of the molecule is CC1(C)CCc2c(C(F)(F)F)nn(-c3ccc(C(N)=O)c(NC4CCC(OC(=O)C(N)CO)CC4)c3)c2C1. The molecule has 12 heteroatoms. The number of benzene rings is 1. The summed E-state index contributed by atoms with van der Waals surface area (Å²) in [5.74, 6) is -1.32. The highest BCUT2D eigenvalue weighted by molar-refractivity contribution is 5.99. The number of nitrogens with one attached hydrogen (secondary N) is 1. The van der Waals surface area contributed by atoms with Gasteiger partial charge in [-0.3, -0.25) is 9.59 Å². The molecule has 1 aromatic carbocycles. The lowest BCUT2D eigenvalue weighted by Gasteiger charge is -2.31. The molecule has 2 aliphatic carbocycles. The van der Waals surface area contributed by atoms with Crippen LogP contribution in [0.1, 0.15) is 73.3 Å². The minimum Gasteiger partial charge on any atom is -0.461 e. The van der Waals surface area contributed by atoms with Crippen molar-refractivity contribution in [3.63, 3.8) is 0 Å². The van der Waals surface area contributed by atoms with Crippen molar-refractivity contribution >= 4 is 17.6 Å². The number of primary amides is 1. The van der Waals surface area contributed by atoms with Gasteiger partial charge in [-0.15, -0.1) is 0 Å². The van der Waals surface area contributed by atoms with E-state index in [4.69, 9.17) is 21.3 Å². The quantitative estimate of drug-likeness (QED) is 0.397. The zero-order chi connectivity index (χ0) is 27.8. The van der Waals surface area contributed by atoms with Crippen molar-refractivity contribution in [2.75, 3.05) is 11.9 Å². The van der Waals surface area contributed by atoms with Gasteiger partial charge in [-0.1, -0.05) is 13.8 Å². The molecule has 1 amide bonds. The average molecular weight is 538 g/mol. The number of hydrogen-bond donors (Lipinski definition) is 4. The number of rotatable bonds is 7. The minimum absolute atomic E-state index is 0.0824. The van der Waals surface area contributed by atoms with Crippen LogP contribution in [0.25, 0.3) is 5.69 Å². The molecule has 0 radical (unpaired) electrons. The van der Waals surface area contributed by atoms with Crippen LogP contribution in [-0.4, -0.2) is 51.6 Å². The molecule has 0 bridgehead atoms. The number of hydrogen-bond acceptors (Lipinski definition) is 7. The Hall–Kier alpha value is -3.12. The van der Waals surface area contributed by atoms with E-state index in [9.17, 15) is 22.8 Å². The zero-order valence-electron chi connectivity index (χ0n) is 21.5. The van der Waals surface area contributed by atoms with Gasteiger partial charge < -0.3 is 26.6 Å². The first kappa shape index (κ1) is 27.9. The number of fused-ring (bicyclic) bond motifs is 1. The third-order valence-electron chi connectivity index (χ3n) is 7.39. The third-order valence-corrected chi connectivity index (χ3v) is 7.39. The van der Waals surface area contributed by atoms with Gasteiger partial charge in [-0.2, -0.15) is 18.3 Å². The first-order valence-electron chi connectivity index (χ1n) is 12.7. The van der Waals surface area contributed by atoms with Gasteiger partial charge in [-0.25, -0.2) is 4.68 Å². The van der Waals surface area contributed by atoms with Crippen molar-refractivity contribution in [2.45, 2.75) is 83.2 Å². The molecule has 1 aromatic heterocycles. The molecule has 1 unspecified atom stereocenters. The van der Waals surface area contributed by atoms with E-state index in [-0.39, 0.29) is 28.7 Å². The fourth-order valence-corrected chi connectivity index (χ4v) is 5.25. The zero-order valence-corrected chi connectivity index (χ0v) is 21.5. The lowest BCUT2D eigenvalue weighted by molar-refractivity contribution is -0.153. The number of carbonyl (C=O) groups is 2. The van der Waals surface area contributed by atoms with Crippen LogP contribution in [0.3, 0.4) is 0 Å². The minimum atomic E-state index is -4.58. The van der Waals surface area contributed by atoms with E-state index >= 15 is 0 Å². The van der Waals surface area contributed by atoms with Gasteiger partial charge in [-0.05, 0) is 68.6 Å². The summed E-state index contributed by atoms with van der Waals surface area (Å²) in [5, 5.41) is 16.3. The molecule has 4 rings (SSSR count). The number of alkyl halides is 3. The maximum atomic E-state index is 13.8. The van der Waals surface area contributed by atoms with E-state index in [2.05, 4.69) is 10.4 Å². The molecule has 0 spiro atoms. The van der Waals surface area contributed by atoms with Gasteiger partial charge in [0.2, 0.25) is 0 Å². The third kappa shape index (κ3) is 5.96. The largest absolute Gasteiger partial charge is 0.461 e. The van der Waals surface area contributed by atoms with Crippen LogP contribution in [0.15, 0.2) is 18.2 Å².